The van der Waals surface area contributed by atoms with E-state index in [1.54, 1.807) is 0 Å². The first kappa shape index (κ1) is 5.58. The van der Waals surface area contributed by atoms with E-state index < -0.39 is 17.6 Å². The third-order valence-corrected chi connectivity index (χ3v) is 1.85. The summed E-state index contributed by atoms with van der Waals surface area (Å²) in [5, 5.41) is 17.5. The Kier molecular flexibility index (Phi) is 1.19. The number of methoxy groups -OCH3 is 1. The zero-order chi connectivity index (χ0) is 12.6. The third-order valence-electron chi connectivity index (χ3n) is 1.85. The highest BCUT2D eigenvalue weighted by molar-refractivity contribution is 5.89. The van der Waals surface area contributed by atoms with Gasteiger partial charge in [-0.25, -0.2) is 0 Å². The number of nitrogens with zero attached hydrogens (tertiary/aromatic N) is 2. The van der Waals surface area contributed by atoms with E-state index in [0.717, 1.165) is 0 Å². The molecule has 0 fully saturated rings. The van der Waals surface area contributed by atoms with E-state index in [1.807, 2.05) is 0 Å². The number of rotatable bonds is 2. The SMILES string of the molecule is [2H]C([2H])([2H])Oc1ccc2cn[nH]c2c1[N+](=O)[O-]. The number of ether oxygens (including phenoxy) is 1. The van der Waals surface area contributed by atoms with Crippen LogP contribution < -0.4 is 4.74 Å². The first-order chi connectivity index (χ1) is 7.88. The smallest absolute Gasteiger partial charge is 0.336 e. The molecule has 0 amide bonds. The van der Waals surface area contributed by atoms with Crippen molar-refractivity contribution in [2.24, 2.45) is 0 Å². The van der Waals surface area contributed by atoms with Crippen molar-refractivity contribution in [3.8, 4) is 5.75 Å². The van der Waals surface area contributed by atoms with Gasteiger partial charge in [0.1, 0.15) is 5.52 Å². The molecule has 14 heavy (non-hydrogen) atoms. The zero-order valence-corrected chi connectivity index (χ0v) is 6.85. The van der Waals surface area contributed by atoms with Crippen molar-refractivity contribution >= 4 is 16.6 Å². The Morgan fingerprint density at radius 2 is 2.57 bits per heavy atom. The lowest BCUT2D eigenvalue weighted by Crippen LogP contribution is -1.94. The highest BCUT2D eigenvalue weighted by atomic mass is 16.6. The average molecular weight is 196 g/mol. The summed E-state index contributed by atoms with van der Waals surface area (Å²) in [6, 6.07) is 2.73. The quantitative estimate of drug-likeness (QED) is 0.582. The Hall–Kier alpha value is -2.11. The number of aromatic amines is 1. The molecule has 2 aromatic rings. The van der Waals surface area contributed by atoms with Crippen LogP contribution in [0.25, 0.3) is 10.9 Å². The van der Waals surface area contributed by atoms with Crippen LogP contribution in [0.1, 0.15) is 4.11 Å². The standard InChI is InChI=1S/C8H7N3O3/c1-14-6-3-2-5-4-9-10-7(5)8(6)11(12)13/h2-4H,1H3,(H,9,10)/i1D3. The highest BCUT2D eigenvalue weighted by Crippen LogP contribution is 2.33. The van der Waals surface area contributed by atoms with Crippen LogP contribution >= 0.6 is 0 Å². The van der Waals surface area contributed by atoms with Crippen molar-refractivity contribution in [2.45, 2.75) is 0 Å². The van der Waals surface area contributed by atoms with Crippen LogP contribution in [0.15, 0.2) is 18.3 Å². The van der Waals surface area contributed by atoms with Crippen LogP contribution in [0.4, 0.5) is 5.69 Å². The summed E-state index contributed by atoms with van der Waals surface area (Å²) >= 11 is 0. The summed E-state index contributed by atoms with van der Waals surface area (Å²) in [6.45, 7) is 0. The molecule has 72 valence electrons. The number of benzene rings is 1. The molecule has 0 saturated heterocycles. The molecule has 1 N–H and O–H groups in total. The van der Waals surface area contributed by atoms with Crippen molar-refractivity contribution in [3.63, 3.8) is 0 Å². The molecular formula is C8H7N3O3. The second-order valence-corrected chi connectivity index (χ2v) is 2.61. The first-order valence-corrected chi connectivity index (χ1v) is 3.68. The van der Waals surface area contributed by atoms with Gasteiger partial charge in [0.25, 0.3) is 0 Å². The molecule has 0 aliphatic carbocycles. The summed E-state index contributed by atoms with van der Waals surface area (Å²) in [5.74, 6) is -0.313. The van der Waals surface area contributed by atoms with E-state index >= 15 is 0 Å². The number of nitrogens with one attached hydrogen (secondary N) is 1. The molecule has 6 heteroatoms. The van der Waals surface area contributed by atoms with Crippen LogP contribution in [0.5, 0.6) is 5.75 Å². The lowest BCUT2D eigenvalue weighted by molar-refractivity contribution is -0.384. The fourth-order valence-corrected chi connectivity index (χ4v) is 1.24. The van der Waals surface area contributed by atoms with Gasteiger partial charge in [0.2, 0.25) is 0 Å². The van der Waals surface area contributed by atoms with Crippen molar-refractivity contribution in [2.75, 3.05) is 7.04 Å². The maximum Gasteiger partial charge on any atom is 0.336 e. The first-order valence-electron chi connectivity index (χ1n) is 5.18. The predicted molar refractivity (Wildman–Crippen MR) is 49.3 cm³/mol. The number of H-pyrrole nitrogens is 1. The van der Waals surface area contributed by atoms with Gasteiger partial charge in [-0.3, -0.25) is 15.2 Å². The fourth-order valence-electron chi connectivity index (χ4n) is 1.24. The minimum atomic E-state index is -2.74. The molecule has 0 aliphatic rings. The third kappa shape index (κ3) is 1.08. The lowest BCUT2D eigenvalue weighted by Gasteiger charge is -2.00. The largest absolute Gasteiger partial charge is 0.490 e. The minimum absolute atomic E-state index is 0.136. The van der Waals surface area contributed by atoms with Gasteiger partial charge in [-0.1, -0.05) is 0 Å². The Labute approximate surface area is 82.9 Å². The predicted octanol–water partition coefficient (Wildman–Crippen LogP) is 1.48. The molecule has 0 aliphatic heterocycles. The Balaban J connectivity index is 2.62. The minimum Gasteiger partial charge on any atom is -0.490 e. The van der Waals surface area contributed by atoms with E-state index in [2.05, 4.69) is 14.9 Å². The van der Waals surface area contributed by atoms with Gasteiger partial charge in [0, 0.05) is 5.39 Å². The van der Waals surface area contributed by atoms with Gasteiger partial charge >= 0.3 is 5.69 Å². The molecule has 0 saturated carbocycles. The van der Waals surface area contributed by atoms with E-state index in [-0.39, 0.29) is 11.3 Å². The monoisotopic (exact) mass is 196 g/mol. The number of aromatic nitrogens is 2. The van der Waals surface area contributed by atoms with Gasteiger partial charge in [-0.15, -0.1) is 0 Å². The van der Waals surface area contributed by atoms with Crippen LogP contribution in [-0.4, -0.2) is 22.2 Å². The summed E-state index contributed by atoms with van der Waals surface area (Å²) in [7, 11) is -2.74. The number of hydrogen-bond acceptors (Lipinski definition) is 4. The molecule has 1 aromatic heterocycles. The Morgan fingerprint density at radius 1 is 1.71 bits per heavy atom. The van der Waals surface area contributed by atoms with E-state index in [0.29, 0.717) is 5.39 Å². The number of hydrogen-bond donors (Lipinski definition) is 1. The Morgan fingerprint density at radius 3 is 3.29 bits per heavy atom. The van der Waals surface area contributed by atoms with Crippen LogP contribution in [0.3, 0.4) is 0 Å². The van der Waals surface area contributed by atoms with E-state index in [9.17, 15) is 10.1 Å². The maximum absolute atomic E-state index is 10.9. The normalized spacial score (nSPS) is 14.4. The van der Waals surface area contributed by atoms with Crippen molar-refractivity contribution < 1.29 is 13.8 Å². The molecule has 0 radical (unpaired) electrons. The van der Waals surface area contributed by atoms with Crippen molar-refractivity contribution in [1.82, 2.24) is 10.2 Å². The molecule has 0 spiro atoms. The van der Waals surface area contributed by atoms with Crippen LogP contribution in [0.2, 0.25) is 0 Å². The number of nitro benzene ring substituents is 1. The Bertz CT molecular complexity index is 578. The second-order valence-electron chi connectivity index (χ2n) is 2.61. The lowest BCUT2D eigenvalue weighted by atomic mass is 10.2. The molecular weight excluding hydrogens is 186 g/mol. The van der Waals surface area contributed by atoms with Gasteiger partial charge < -0.3 is 4.74 Å². The molecule has 0 bridgehead atoms. The van der Waals surface area contributed by atoms with E-state index in [4.69, 9.17) is 4.11 Å². The summed E-state index contributed by atoms with van der Waals surface area (Å²) < 4.78 is 25.4. The van der Waals surface area contributed by atoms with Gasteiger partial charge in [0.15, 0.2) is 5.75 Å². The topological polar surface area (TPSA) is 81.0 Å². The van der Waals surface area contributed by atoms with Gasteiger partial charge in [0.05, 0.1) is 22.3 Å². The van der Waals surface area contributed by atoms with Crippen LogP contribution in [-0.2, 0) is 0 Å². The molecule has 1 heterocycles. The summed E-state index contributed by atoms with van der Waals surface area (Å²) in [6.07, 6.45) is 1.40. The van der Waals surface area contributed by atoms with Gasteiger partial charge in [-0.05, 0) is 12.1 Å². The second kappa shape index (κ2) is 2.99. The molecule has 6 nitrogen and oxygen atoms in total. The molecule has 2 rings (SSSR count). The van der Waals surface area contributed by atoms with E-state index in [1.165, 1.54) is 18.3 Å². The summed E-state index contributed by atoms with van der Waals surface area (Å²) in [5.41, 5.74) is -0.298. The maximum atomic E-state index is 10.9. The molecule has 1 aromatic carbocycles. The van der Waals surface area contributed by atoms with Gasteiger partial charge in [-0.2, -0.15) is 5.10 Å². The number of nitro groups is 1. The molecule has 0 unspecified atom stereocenters. The summed E-state index contributed by atoms with van der Waals surface area (Å²) in [4.78, 5) is 10.2. The number of fused-ring (bicyclic) bond motifs is 1. The average Bonchev–Trinajstić information content (AvgIpc) is 2.61. The van der Waals surface area contributed by atoms with Crippen LogP contribution in [0, 0.1) is 10.1 Å². The molecule has 0 atom stereocenters. The van der Waals surface area contributed by atoms with Crippen molar-refractivity contribution in [1.29, 1.82) is 0 Å². The zero-order valence-electron chi connectivity index (χ0n) is 9.85. The van der Waals surface area contributed by atoms with Crippen molar-refractivity contribution in [3.05, 3.63) is 28.4 Å². The highest BCUT2D eigenvalue weighted by Gasteiger charge is 2.20. The fraction of sp³-hybridized carbons (Fsp3) is 0.125.